The molecule has 0 bridgehead atoms. The van der Waals surface area contributed by atoms with Gasteiger partial charge in [0.1, 0.15) is 5.75 Å². The zero-order valence-electron chi connectivity index (χ0n) is 16.5. The van der Waals surface area contributed by atoms with E-state index in [4.69, 9.17) is 0 Å². The molecule has 0 aromatic heterocycles. The summed E-state index contributed by atoms with van der Waals surface area (Å²) < 4.78 is 0. The molecule has 142 valence electrons. The monoisotopic (exact) mass is 360 g/mol. The van der Waals surface area contributed by atoms with Gasteiger partial charge in [-0.2, -0.15) is 0 Å². The van der Waals surface area contributed by atoms with Gasteiger partial charge in [0.05, 0.1) is 0 Å². The van der Waals surface area contributed by atoms with Gasteiger partial charge in [0, 0.05) is 0 Å². The van der Waals surface area contributed by atoms with E-state index < -0.39 is 0 Å². The van der Waals surface area contributed by atoms with E-state index in [0.717, 1.165) is 10.9 Å². The molecule has 1 heteroatoms. The Bertz CT molecular complexity index is 1010. The number of benzene rings is 3. The number of aryl methyl sites for hydroxylation is 1. The average molecular weight is 361 g/mol. The Morgan fingerprint density at radius 1 is 0.741 bits per heavy atom. The molecule has 27 heavy (non-hydrogen) atoms. The van der Waals surface area contributed by atoms with E-state index in [0.29, 0.717) is 5.75 Å². The van der Waals surface area contributed by atoms with Crippen molar-refractivity contribution < 1.29 is 5.11 Å². The molecule has 0 spiro atoms. The molecular formula is C26H32O. The minimum atomic E-state index is 0. The molecule has 0 saturated carbocycles. The van der Waals surface area contributed by atoms with E-state index in [1.54, 1.807) is 6.07 Å². The fourth-order valence-corrected chi connectivity index (χ4v) is 4.42. The second-order valence-corrected chi connectivity index (χ2v) is 9.17. The fraction of sp³-hybridized carbons (Fsp3) is 0.385. The lowest BCUT2D eigenvalue weighted by Crippen LogP contribution is -2.33. The molecule has 0 amide bonds. The number of phenolic OH excluding ortho intramolecular Hbond substituents is 1. The molecule has 3 aromatic carbocycles. The number of rotatable bonds is 1. The summed E-state index contributed by atoms with van der Waals surface area (Å²) in [6, 6.07) is 17.4. The standard InChI is InChI=1S/C25H28O.CH4/c1-16-20-9-6-17(14-19(20)8-11-23(16)26)18-7-10-21-22(15-18)25(4,5)13-12-24(21,2)3;/h6-11,14-15,26H,12-13H2,1-5H3;1H4. The van der Waals surface area contributed by atoms with Crippen LogP contribution in [0.2, 0.25) is 0 Å². The lowest BCUT2D eigenvalue weighted by molar-refractivity contribution is 0.332. The van der Waals surface area contributed by atoms with Crippen LogP contribution in [-0.2, 0) is 10.8 Å². The maximum atomic E-state index is 9.94. The van der Waals surface area contributed by atoms with Crippen molar-refractivity contribution >= 4 is 10.8 Å². The second kappa shape index (κ2) is 6.41. The third-order valence-corrected chi connectivity index (χ3v) is 6.45. The van der Waals surface area contributed by atoms with Crippen LogP contribution >= 0.6 is 0 Å². The quantitative estimate of drug-likeness (QED) is 0.476. The summed E-state index contributed by atoms with van der Waals surface area (Å²) in [5.74, 6) is 0.364. The summed E-state index contributed by atoms with van der Waals surface area (Å²) in [5.41, 5.74) is 6.93. The van der Waals surface area contributed by atoms with E-state index in [1.807, 2.05) is 13.0 Å². The Kier molecular flexibility index (Phi) is 4.62. The number of hydrogen-bond acceptors (Lipinski definition) is 1. The van der Waals surface area contributed by atoms with Crippen LogP contribution in [0.1, 0.15) is 64.7 Å². The number of phenols is 1. The first-order valence-electron chi connectivity index (χ1n) is 9.57. The highest BCUT2D eigenvalue weighted by Gasteiger charge is 2.36. The van der Waals surface area contributed by atoms with Crippen LogP contribution in [0.3, 0.4) is 0 Å². The third-order valence-electron chi connectivity index (χ3n) is 6.45. The van der Waals surface area contributed by atoms with Crippen molar-refractivity contribution in [1.82, 2.24) is 0 Å². The van der Waals surface area contributed by atoms with Gasteiger partial charge in [0.2, 0.25) is 0 Å². The zero-order chi connectivity index (χ0) is 18.7. The van der Waals surface area contributed by atoms with E-state index in [-0.39, 0.29) is 18.3 Å². The van der Waals surface area contributed by atoms with Crippen LogP contribution in [0, 0.1) is 6.92 Å². The van der Waals surface area contributed by atoms with Crippen LogP contribution in [0.25, 0.3) is 21.9 Å². The maximum absolute atomic E-state index is 9.94. The highest BCUT2D eigenvalue weighted by atomic mass is 16.3. The van der Waals surface area contributed by atoms with Gasteiger partial charge in [-0.1, -0.05) is 71.5 Å². The first kappa shape index (κ1) is 19.5. The minimum Gasteiger partial charge on any atom is -0.508 e. The molecule has 1 aliphatic carbocycles. The summed E-state index contributed by atoms with van der Waals surface area (Å²) >= 11 is 0. The molecule has 0 aliphatic heterocycles. The van der Waals surface area contributed by atoms with Gasteiger partial charge in [-0.3, -0.25) is 0 Å². The summed E-state index contributed by atoms with van der Waals surface area (Å²) in [6.45, 7) is 11.5. The summed E-state index contributed by atoms with van der Waals surface area (Å²) in [6.07, 6.45) is 2.47. The van der Waals surface area contributed by atoms with Crippen molar-refractivity contribution in [3.63, 3.8) is 0 Å². The minimum absolute atomic E-state index is 0. The zero-order valence-corrected chi connectivity index (χ0v) is 16.5. The van der Waals surface area contributed by atoms with Crippen LogP contribution < -0.4 is 0 Å². The lowest BCUT2D eigenvalue weighted by atomic mass is 9.63. The molecule has 0 saturated heterocycles. The van der Waals surface area contributed by atoms with Gasteiger partial charge >= 0.3 is 0 Å². The van der Waals surface area contributed by atoms with E-state index >= 15 is 0 Å². The van der Waals surface area contributed by atoms with Crippen molar-refractivity contribution in [3.8, 4) is 16.9 Å². The van der Waals surface area contributed by atoms with Crippen molar-refractivity contribution in [3.05, 3.63) is 65.2 Å². The summed E-state index contributed by atoms with van der Waals surface area (Å²) in [7, 11) is 0. The van der Waals surface area contributed by atoms with Crippen LogP contribution in [-0.4, -0.2) is 5.11 Å². The number of hydrogen-bond donors (Lipinski definition) is 1. The lowest BCUT2D eigenvalue weighted by Gasteiger charge is -2.42. The van der Waals surface area contributed by atoms with Gasteiger partial charge in [0.25, 0.3) is 0 Å². The maximum Gasteiger partial charge on any atom is 0.119 e. The second-order valence-electron chi connectivity index (χ2n) is 9.17. The summed E-state index contributed by atoms with van der Waals surface area (Å²) in [5, 5.41) is 12.2. The molecule has 0 radical (unpaired) electrons. The predicted molar refractivity (Wildman–Crippen MR) is 118 cm³/mol. The fourth-order valence-electron chi connectivity index (χ4n) is 4.42. The smallest absolute Gasteiger partial charge is 0.119 e. The molecular weight excluding hydrogens is 328 g/mol. The normalized spacial score (nSPS) is 17.2. The first-order chi connectivity index (χ1) is 12.2. The number of aromatic hydroxyl groups is 1. The van der Waals surface area contributed by atoms with Crippen molar-refractivity contribution in [2.24, 2.45) is 0 Å². The molecule has 0 unspecified atom stereocenters. The van der Waals surface area contributed by atoms with Gasteiger partial charge in [-0.25, -0.2) is 0 Å². The topological polar surface area (TPSA) is 20.2 Å². The molecule has 0 heterocycles. The molecule has 4 rings (SSSR count). The van der Waals surface area contributed by atoms with Crippen molar-refractivity contribution in [2.45, 2.75) is 65.7 Å². The van der Waals surface area contributed by atoms with Gasteiger partial charge in [-0.05, 0) is 81.3 Å². The van der Waals surface area contributed by atoms with Crippen LogP contribution in [0.4, 0.5) is 0 Å². The Labute approximate surface area is 164 Å². The number of fused-ring (bicyclic) bond motifs is 2. The Morgan fingerprint density at radius 3 is 2.04 bits per heavy atom. The highest BCUT2D eigenvalue weighted by molar-refractivity contribution is 5.91. The van der Waals surface area contributed by atoms with Crippen LogP contribution in [0.15, 0.2) is 48.5 Å². The van der Waals surface area contributed by atoms with Gasteiger partial charge < -0.3 is 5.11 Å². The third kappa shape index (κ3) is 3.14. The van der Waals surface area contributed by atoms with E-state index in [1.165, 1.54) is 40.5 Å². The van der Waals surface area contributed by atoms with Crippen LogP contribution in [0.5, 0.6) is 5.75 Å². The van der Waals surface area contributed by atoms with Crippen molar-refractivity contribution in [2.75, 3.05) is 0 Å². The molecule has 1 nitrogen and oxygen atoms in total. The molecule has 1 N–H and O–H groups in total. The molecule has 0 fully saturated rings. The first-order valence-corrected chi connectivity index (χ1v) is 9.57. The molecule has 3 aromatic rings. The van der Waals surface area contributed by atoms with Gasteiger partial charge in [-0.15, -0.1) is 0 Å². The summed E-state index contributed by atoms with van der Waals surface area (Å²) in [4.78, 5) is 0. The van der Waals surface area contributed by atoms with Crippen molar-refractivity contribution in [1.29, 1.82) is 0 Å². The van der Waals surface area contributed by atoms with Gasteiger partial charge in [0.15, 0.2) is 0 Å². The Balaban J connectivity index is 0.00000210. The Hall–Kier alpha value is -2.28. The largest absolute Gasteiger partial charge is 0.508 e. The van der Waals surface area contributed by atoms with E-state index in [9.17, 15) is 5.11 Å². The SMILES string of the molecule is C.Cc1c(O)ccc2cc(-c3ccc4c(c3)C(C)(C)CCC4(C)C)ccc12. The molecule has 0 atom stereocenters. The molecule has 1 aliphatic rings. The highest BCUT2D eigenvalue weighted by Crippen LogP contribution is 2.46. The average Bonchev–Trinajstić information content (AvgIpc) is 2.62. The van der Waals surface area contributed by atoms with E-state index in [2.05, 4.69) is 64.1 Å². The Morgan fingerprint density at radius 2 is 1.33 bits per heavy atom. The predicted octanol–water partition coefficient (Wildman–Crippen LogP) is 7.51.